The van der Waals surface area contributed by atoms with Crippen molar-refractivity contribution in [2.24, 2.45) is 0 Å². The number of halogens is 1. The zero-order valence-electron chi connectivity index (χ0n) is 13.1. The molecule has 0 N–H and O–H groups in total. The number of nitrogens with zero attached hydrogens (tertiary/aromatic N) is 1. The Morgan fingerprint density at radius 1 is 1.26 bits per heavy atom. The van der Waals surface area contributed by atoms with E-state index in [1.165, 1.54) is 4.90 Å². The highest BCUT2D eigenvalue weighted by atomic mass is 19.2. The first-order valence-electron chi connectivity index (χ1n) is 7.38. The monoisotopic (exact) mass is 315 g/mol. The van der Waals surface area contributed by atoms with Gasteiger partial charge in [-0.15, -0.1) is 0 Å². The van der Waals surface area contributed by atoms with Crippen LogP contribution in [-0.2, 0) is 11.2 Å². The molecule has 1 atom stereocenters. The number of carbonyl (C=O) groups excluding carboxylic acids is 1. The van der Waals surface area contributed by atoms with Gasteiger partial charge in [-0.25, -0.2) is 4.79 Å². The lowest BCUT2D eigenvalue weighted by atomic mass is 10.0. The van der Waals surface area contributed by atoms with Gasteiger partial charge >= 0.3 is 6.09 Å². The van der Waals surface area contributed by atoms with Crippen LogP contribution in [0.1, 0.15) is 11.1 Å². The molecule has 23 heavy (non-hydrogen) atoms. The van der Waals surface area contributed by atoms with E-state index in [2.05, 4.69) is 0 Å². The number of alkyl halides is 1. The Hall–Kier alpha value is -2.56. The van der Waals surface area contributed by atoms with E-state index in [1.807, 2.05) is 31.2 Å². The van der Waals surface area contributed by atoms with Gasteiger partial charge in [0.2, 0.25) is 0 Å². The van der Waals surface area contributed by atoms with Crippen molar-refractivity contribution in [3.63, 3.8) is 0 Å². The Bertz CT molecular complexity index is 716. The van der Waals surface area contributed by atoms with Gasteiger partial charge < -0.3 is 9.47 Å². The van der Waals surface area contributed by atoms with Gasteiger partial charge in [0.1, 0.15) is 5.75 Å². The second-order valence-corrected chi connectivity index (χ2v) is 5.70. The second-order valence-electron chi connectivity index (χ2n) is 5.70. The van der Waals surface area contributed by atoms with E-state index < -0.39 is 11.9 Å². The predicted molar refractivity (Wildman–Crippen MR) is 85.5 cm³/mol. The maximum absolute atomic E-state index is 15.0. The van der Waals surface area contributed by atoms with Gasteiger partial charge in [0.25, 0.3) is 5.85 Å². The van der Waals surface area contributed by atoms with Crippen LogP contribution >= 0.6 is 0 Å². The molecule has 1 saturated heterocycles. The third-order valence-electron chi connectivity index (χ3n) is 3.82. The van der Waals surface area contributed by atoms with Crippen molar-refractivity contribution in [3.05, 3.63) is 59.7 Å². The number of hydrogen-bond donors (Lipinski definition) is 0. The lowest BCUT2D eigenvalue weighted by Gasteiger charge is -2.18. The van der Waals surface area contributed by atoms with E-state index in [9.17, 15) is 9.18 Å². The molecule has 1 aliphatic rings. The summed E-state index contributed by atoms with van der Waals surface area (Å²) >= 11 is 0. The summed E-state index contributed by atoms with van der Waals surface area (Å²) in [5.41, 5.74) is 2.43. The minimum Gasteiger partial charge on any atom is -0.497 e. The quantitative estimate of drug-likeness (QED) is 0.860. The molecule has 3 rings (SSSR count). The summed E-state index contributed by atoms with van der Waals surface area (Å²) in [6, 6.07) is 14.4. The number of aryl methyl sites for hydroxylation is 1. The van der Waals surface area contributed by atoms with Crippen LogP contribution in [0.4, 0.5) is 14.9 Å². The second kappa shape index (κ2) is 5.91. The molecule has 0 spiro atoms. The first kappa shape index (κ1) is 15.3. The molecule has 1 aliphatic heterocycles. The summed E-state index contributed by atoms with van der Waals surface area (Å²) in [7, 11) is 1.56. The Balaban J connectivity index is 1.77. The van der Waals surface area contributed by atoms with Gasteiger partial charge in [0, 0.05) is 12.1 Å². The fourth-order valence-electron chi connectivity index (χ4n) is 2.72. The van der Waals surface area contributed by atoms with E-state index >= 15 is 0 Å². The van der Waals surface area contributed by atoms with E-state index in [-0.39, 0.29) is 13.0 Å². The van der Waals surface area contributed by atoms with Crippen molar-refractivity contribution in [1.29, 1.82) is 0 Å². The van der Waals surface area contributed by atoms with Crippen molar-refractivity contribution < 1.29 is 18.7 Å². The summed E-state index contributed by atoms with van der Waals surface area (Å²) < 4.78 is 25.0. The first-order valence-corrected chi connectivity index (χ1v) is 7.38. The smallest absolute Gasteiger partial charge is 0.417 e. The molecule has 5 heteroatoms. The Morgan fingerprint density at radius 3 is 2.65 bits per heavy atom. The summed E-state index contributed by atoms with van der Waals surface area (Å²) in [4.78, 5) is 13.3. The highest BCUT2D eigenvalue weighted by molar-refractivity contribution is 5.90. The van der Waals surface area contributed by atoms with E-state index in [0.29, 0.717) is 11.4 Å². The summed E-state index contributed by atoms with van der Waals surface area (Å²) in [5.74, 6) is -1.35. The molecule has 1 heterocycles. The Kier molecular flexibility index (Phi) is 3.94. The van der Waals surface area contributed by atoms with Crippen LogP contribution in [0.5, 0.6) is 5.75 Å². The lowest BCUT2D eigenvalue weighted by molar-refractivity contribution is -0.0562. The largest absolute Gasteiger partial charge is 0.497 e. The molecular weight excluding hydrogens is 297 g/mol. The average Bonchev–Trinajstić information content (AvgIpc) is 2.82. The Labute approximate surface area is 134 Å². The van der Waals surface area contributed by atoms with Crippen LogP contribution in [0.3, 0.4) is 0 Å². The van der Waals surface area contributed by atoms with Gasteiger partial charge in [0.15, 0.2) is 0 Å². The number of methoxy groups -OCH3 is 1. The maximum Gasteiger partial charge on any atom is 0.417 e. The van der Waals surface area contributed by atoms with Crippen LogP contribution in [0.2, 0.25) is 0 Å². The summed E-state index contributed by atoms with van der Waals surface area (Å²) in [6.07, 6.45) is -0.641. The normalized spacial score (nSPS) is 20.5. The average molecular weight is 315 g/mol. The topological polar surface area (TPSA) is 38.8 Å². The molecular formula is C18H18FNO3. The van der Waals surface area contributed by atoms with E-state index in [4.69, 9.17) is 9.47 Å². The van der Waals surface area contributed by atoms with Gasteiger partial charge in [-0.05, 0) is 36.8 Å². The molecule has 1 amide bonds. The van der Waals surface area contributed by atoms with E-state index in [1.54, 1.807) is 31.4 Å². The van der Waals surface area contributed by atoms with Gasteiger partial charge in [-0.2, -0.15) is 4.39 Å². The number of hydrogen-bond acceptors (Lipinski definition) is 3. The van der Waals surface area contributed by atoms with Gasteiger partial charge in [-0.3, -0.25) is 4.90 Å². The molecule has 2 aromatic rings. The molecule has 120 valence electrons. The zero-order chi connectivity index (χ0) is 16.4. The van der Waals surface area contributed by atoms with Crippen molar-refractivity contribution >= 4 is 11.8 Å². The van der Waals surface area contributed by atoms with Gasteiger partial charge in [-0.1, -0.05) is 29.8 Å². The zero-order valence-corrected chi connectivity index (χ0v) is 13.1. The first-order chi connectivity index (χ1) is 11.0. The number of cyclic esters (lactones) is 1. The van der Waals surface area contributed by atoms with E-state index in [0.717, 1.165) is 11.1 Å². The minimum absolute atomic E-state index is 0.0348. The standard InChI is InChI=1S/C18H18FNO3/c1-13-4-3-5-14(10-13)11-18(19)12-20(17(21)23-18)15-6-8-16(22-2)9-7-15/h3-10H,11-12H2,1-2H3. The van der Waals surface area contributed by atoms with Crippen molar-refractivity contribution in [3.8, 4) is 5.75 Å². The van der Waals surface area contributed by atoms with Crippen LogP contribution in [0.25, 0.3) is 0 Å². The molecule has 1 fully saturated rings. The molecule has 0 radical (unpaired) electrons. The number of anilines is 1. The van der Waals surface area contributed by atoms with Crippen molar-refractivity contribution in [1.82, 2.24) is 0 Å². The fourth-order valence-corrected chi connectivity index (χ4v) is 2.72. The fraction of sp³-hybridized carbons (Fsp3) is 0.278. The molecule has 0 saturated carbocycles. The SMILES string of the molecule is COc1ccc(N2CC(F)(Cc3cccc(C)c3)OC2=O)cc1. The molecule has 0 bridgehead atoms. The number of benzene rings is 2. The number of rotatable bonds is 4. The number of ether oxygens (including phenoxy) is 2. The number of amides is 1. The van der Waals surface area contributed by atoms with Crippen molar-refractivity contribution in [2.75, 3.05) is 18.6 Å². The molecule has 2 aromatic carbocycles. The lowest BCUT2D eigenvalue weighted by Crippen LogP contribution is -2.32. The van der Waals surface area contributed by atoms with Crippen LogP contribution in [-0.4, -0.2) is 25.6 Å². The predicted octanol–water partition coefficient (Wildman–Crippen LogP) is 3.87. The third kappa shape index (κ3) is 3.28. The Morgan fingerprint density at radius 2 is 2.00 bits per heavy atom. The maximum atomic E-state index is 15.0. The number of carbonyl (C=O) groups is 1. The molecule has 1 unspecified atom stereocenters. The van der Waals surface area contributed by atoms with Crippen LogP contribution in [0.15, 0.2) is 48.5 Å². The molecule has 0 aromatic heterocycles. The minimum atomic E-state index is -2.02. The highest BCUT2D eigenvalue weighted by Crippen LogP contribution is 2.32. The highest BCUT2D eigenvalue weighted by Gasteiger charge is 2.46. The molecule has 0 aliphatic carbocycles. The van der Waals surface area contributed by atoms with Crippen molar-refractivity contribution in [2.45, 2.75) is 19.2 Å². The van der Waals surface area contributed by atoms with Crippen LogP contribution in [0, 0.1) is 6.92 Å². The van der Waals surface area contributed by atoms with Gasteiger partial charge in [0.05, 0.1) is 13.7 Å². The summed E-state index contributed by atoms with van der Waals surface area (Å²) in [5, 5.41) is 0. The summed E-state index contributed by atoms with van der Waals surface area (Å²) in [6.45, 7) is 1.81. The van der Waals surface area contributed by atoms with Crippen LogP contribution < -0.4 is 9.64 Å². The molecule has 4 nitrogen and oxygen atoms in total. The third-order valence-corrected chi connectivity index (χ3v) is 3.82.